The lowest BCUT2D eigenvalue weighted by molar-refractivity contribution is 0.219. The Hall–Kier alpha value is -1.29. The van der Waals surface area contributed by atoms with E-state index in [0.29, 0.717) is 11.5 Å². The van der Waals surface area contributed by atoms with Gasteiger partial charge in [0.1, 0.15) is 11.5 Å². The Morgan fingerprint density at radius 1 is 0.950 bits per heavy atom. The van der Waals surface area contributed by atoms with Crippen molar-refractivity contribution < 1.29 is 18.1 Å². The van der Waals surface area contributed by atoms with Gasteiger partial charge in [-0.15, -0.1) is 0 Å². The molecule has 0 aromatic heterocycles. The Balaban J connectivity index is 2.16. The molecule has 1 atom stereocenters. The molecule has 0 fully saturated rings. The summed E-state index contributed by atoms with van der Waals surface area (Å²) in [5, 5.41) is 0. The van der Waals surface area contributed by atoms with Crippen LogP contribution in [0.15, 0.2) is 59.1 Å². The first kappa shape index (κ1) is 15.1. The Bertz CT molecular complexity index is 586. The van der Waals surface area contributed by atoms with Gasteiger partial charge in [0.05, 0.1) is 6.61 Å². The Kier molecular flexibility index (Phi) is 5.24. The molecule has 2 rings (SSSR count). The lowest BCUT2D eigenvalue weighted by Crippen LogP contribution is -2.04. The maximum absolute atomic E-state index is 12.6. The summed E-state index contributed by atoms with van der Waals surface area (Å²) < 4.78 is 29.4. The highest BCUT2D eigenvalue weighted by molar-refractivity contribution is 9.10. The molecule has 0 saturated heterocycles. The molecule has 20 heavy (non-hydrogen) atoms. The average Bonchev–Trinajstić information content (AvgIpc) is 2.42. The third kappa shape index (κ3) is 4.37. The molecule has 0 N–H and O–H groups in total. The van der Waals surface area contributed by atoms with E-state index in [2.05, 4.69) is 15.9 Å². The molecule has 4 nitrogen and oxygen atoms in total. The number of halogens is 1. The predicted octanol–water partition coefficient (Wildman–Crippen LogP) is 5.05. The van der Waals surface area contributed by atoms with Crippen LogP contribution in [-0.4, -0.2) is 6.61 Å². The first-order valence-corrected chi connectivity index (χ1v) is 8.31. The fourth-order valence-corrected chi connectivity index (χ4v) is 2.95. The number of phosphoric ester groups is 1. The van der Waals surface area contributed by atoms with Crippen LogP contribution in [0.5, 0.6) is 11.5 Å². The SMILES string of the molecule is CCOP(=O)(Oc1ccccc1)Oc1ccc(Br)cc1. The molecule has 2 aromatic carbocycles. The van der Waals surface area contributed by atoms with Crippen LogP contribution in [0.2, 0.25) is 0 Å². The van der Waals surface area contributed by atoms with E-state index in [4.69, 9.17) is 13.6 Å². The Morgan fingerprint density at radius 2 is 1.50 bits per heavy atom. The van der Waals surface area contributed by atoms with Crippen molar-refractivity contribution >= 4 is 23.8 Å². The maximum Gasteiger partial charge on any atom is 0.587 e. The fourth-order valence-electron chi connectivity index (χ4n) is 1.46. The topological polar surface area (TPSA) is 44.8 Å². The zero-order chi connectivity index (χ0) is 14.4. The van der Waals surface area contributed by atoms with Crippen LogP contribution < -0.4 is 9.05 Å². The number of rotatable bonds is 6. The lowest BCUT2D eigenvalue weighted by Gasteiger charge is -2.18. The van der Waals surface area contributed by atoms with Crippen LogP contribution in [-0.2, 0) is 9.09 Å². The van der Waals surface area contributed by atoms with E-state index in [0.717, 1.165) is 4.47 Å². The highest BCUT2D eigenvalue weighted by atomic mass is 79.9. The van der Waals surface area contributed by atoms with Gasteiger partial charge >= 0.3 is 7.82 Å². The minimum Gasteiger partial charge on any atom is -0.395 e. The molecule has 2 aromatic rings. The van der Waals surface area contributed by atoms with E-state index in [1.165, 1.54) is 0 Å². The summed E-state index contributed by atoms with van der Waals surface area (Å²) in [5.74, 6) is 0.849. The minimum absolute atomic E-state index is 0.223. The fraction of sp³-hybridized carbons (Fsp3) is 0.143. The molecule has 6 heteroatoms. The van der Waals surface area contributed by atoms with Gasteiger partial charge in [-0.25, -0.2) is 4.57 Å². The second kappa shape index (κ2) is 6.93. The van der Waals surface area contributed by atoms with E-state index in [1.54, 1.807) is 55.5 Å². The van der Waals surface area contributed by atoms with Crippen LogP contribution in [0.25, 0.3) is 0 Å². The van der Waals surface area contributed by atoms with Crippen molar-refractivity contribution in [2.45, 2.75) is 6.92 Å². The third-order valence-electron chi connectivity index (χ3n) is 2.28. The van der Waals surface area contributed by atoms with Crippen LogP contribution >= 0.6 is 23.8 Å². The summed E-state index contributed by atoms with van der Waals surface area (Å²) >= 11 is 3.32. The van der Waals surface area contributed by atoms with E-state index in [1.807, 2.05) is 6.07 Å². The van der Waals surface area contributed by atoms with Crippen molar-refractivity contribution in [3.05, 3.63) is 59.1 Å². The zero-order valence-electron chi connectivity index (χ0n) is 10.9. The van der Waals surface area contributed by atoms with E-state index < -0.39 is 7.82 Å². The zero-order valence-corrected chi connectivity index (χ0v) is 13.3. The smallest absolute Gasteiger partial charge is 0.395 e. The van der Waals surface area contributed by atoms with Crippen LogP contribution in [0, 0.1) is 0 Å². The number of hydrogen-bond acceptors (Lipinski definition) is 4. The van der Waals surface area contributed by atoms with E-state index >= 15 is 0 Å². The quantitative estimate of drug-likeness (QED) is 0.679. The number of benzene rings is 2. The molecule has 106 valence electrons. The summed E-state index contributed by atoms with van der Waals surface area (Å²) in [5.41, 5.74) is 0. The van der Waals surface area contributed by atoms with Crippen LogP contribution in [0.3, 0.4) is 0 Å². The molecule has 0 aliphatic rings. The molecule has 0 aliphatic carbocycles. The summed E-state index contributed by atoms with van der Waals surface area (Å²) in [6, 6.07) is 15.7. The summed E-state index contributed by atoms with van der Waals surface area (Å²) in [6.07, 6.45) is 0. The Labute approximate surface area is 126 Å². The number of para-hydroxylation sites is 1. The lowest BCUT2D eigenvalue weighted by atomic mass is 10.3. The Morgan fingerprint density at radius 3 is 2.05 bits per heavy atom. The number of phosphoric acid groups is 1. The average molecular weight is 357 g/mol. The third-order valence-corrected chi connectivity index (χ3v) is 4.25. The minimum atomic E-state index is -3.69. The standard InChI is InChI=1S/C14H14BrO4P/c1-2-17-20(16,18-13-6-4-3-5-7-13)19-14-10-8-12(15)9-11-14/h3-11H,2H2,1H3. The largest absolute Gasteiger partial charge is 0.587 e. The second-order valence-electron chi connectivity index (χ2n) is 3.81. The molecule has 0 amide bonds. The van der Waals surface area contributed by atoms with Gasteiger partial charge in [-0.1, -0.05) is 34.1 Å². The van der Waals surface area contributed by atoms with Crippen LogP contribution in [0.1, 0.15) is 6.92 Å². The van der Waals surface area contributed by atoms with Crippen molar-refractivity contribution in [1.82, 2.24) is 0 Å². The number of hydrogen-bond donors (Lipinski definition) is 0. The summed E-state index contributed by atoms with van der Waals surface area (Å²) in [7, 11) is -3.69. The van der Waals surface area contributed by atoms with Crippen molar-refractivity contribution in [3.8, 4) is 11.5 Å². The normalized spacial score (nSPS) is 13.5. The molecular formula is C14H14BrO4P. The van der Waals surface area contributed by atoms with Gasteiger partial charge in [0.15, 0.2) is 0 Å². The van der Waals surface area contributed by atoms with Gasteiger partial charge < -0.3 is 9.05 Å². The van der Waals surface area contributed by atoms with Crippen molar-refractivity contribution in [1.29, 1.82) is 0 Å². The van der Waals surface area contributed by atoms with E-state index in [-0.39, 0.29) is 6.61 Å². The molecule has 0 bridgehead atoms. The van der Waals surface area contributed by atoms with Gasteiger partial charge in [0.2, 0.25) is 0 Å². The maximum atomic E-state index is 12.6. The van der Waals surface area contributed by atoms with Crippen molar-refractivity contribution in [2.75, 3.05) is 6.61 Å². The monoisotopic (exact) mass is 356 g/mol. The summed E-state index contributed by atoms with van der Waals surface area (Å²) in [4.78, 5) is 0. The molecule has 1 unspecified atom stereocenters. The van der Waals surface area contributed by atoms with Crippen molar-refractivity contribution in [2.24, 2.45) is 0 Å². The molecule has 0 radical (unpaired) electrons. The highest BCUT2D eigenvalue weighted by Gasteiger charge is 2.30. The first-order valence-electron chi connectivity index (χ1n) is 6.06. The molecular weight excluding hydrogens is 343 g/mol. The predicted molar refractivity (Wildman–Crippen MR) is 81.1 cm³/mol. The van der Waals surface area contributed by atoms with Crippen molar-refractivity contribution in [3.63, 3.8) is 0 Å². The van der Waals surface area contributed by atoms with Gasteiger partial charge in [-0.05, 0) is 43.3 Å². The highest BCUT2D eigenvalue weighted by Crippen LogP contribution is 2.49. The molecule has 0 heterocycles. The van der Waals surface area contributed by atoms with Gasteiger partial charge in [0.25, 0.3) is 0 Å². The first-order chi connectivity index (χ1) is 9.61. The molecule has 0 saturated carbocycles. The second-order valence-corrected chi connectivity index (χ2v) is 6.25. The molecule has 0 aliphatic heterocycles. The van der Waals surface area contributed by atoms with Gasteiger partial charge in [0, 0.05) is 4.47 Å². The summed E-state index contributed by atoms with van der Waals surface area (Å²) in [6.45, 7) is 1.95. The van der Waals surface area contributed by atoms with E-state index in [9.17, 15) is 4.57 Å². The molecule has 0 spiro atoms. The van der Waals surface area contributed by atoms with Crippen LogP contribution in [0.4, 0.5) is 0 Å². The van der Waals surface area contributed by atoms with Gasteiger partial charge in [-0.3, -0.25) is 4.52 Å². The van der Waals surface area contributed by atoms with Gasteiger partial charge in [-0.2, -0.15) is 0 Å².